The molecule has 0 amide bonds. The highest BCUT2D eigenvalue weighted by Crippen LogP contribution is 2.10. The van der Waals surface area contributed by atoms with E-state index in [9.17, 15) is 0 Å². The third-order valence-electron chi connectivity index (χ3n) is 1.24. The molecule has 0 saturated heterocycles. The fourth-order valence-corrected chi connectivity index (χ4v) is 1.26. The van der Waals surface area contributed by atoms with Gasteiger partial charge in [0.15, 0.2) is 0 Å². The zero-order valence-corrected chi connectivity index (χ0v) is 7.10. The summed E-state index contributed by atoms with van der Waals surface area (Å²) < 4.78 is 5.18. The van der Waals surface area contributed by atoms with Crippen molar-refractivity contribution in [2.75, 3.05) is 0 Å². The Labute approximate surface area is 70.0 Å². The summed E-state index contributed by atoms with van der Waals surface area (Å²) in [5.41, 5.74) is 0. The van der Waals surface area contributed by atoms with Crippen LogP contribution in [-0.2, 0) is 11.3 Å². The highest BCUT2D eigenvalue weighted by atomic mass is 32.1. The lowest BCUT2D eigenvalue weighted by molar-refractivity contribution is 0.0906. The number of hydrogen-bond donors (Lipinski definition) is 0. The van der Waals surface area contributed by atoms with Crippen molar-refractivity contribution in [1.82, 2.24) is 0 Å². The van der Waals surface area contributed by atoms with Crippen molar-refractivity contribution >= 4 is 11.3 Å². The molecule has 1 heterocycles. The fourth-order valence-electron chi connectivity index (χ4n) is 0.639. The van der Waals surface area contributed by atoms with E-state index in [4.69, 9.17) is 10.00 Å². The van der Waals surface area contributed by atoms with Gasteiger partial charge in [-0.1, -0.05) is 6.07 Å². The van der Waals surface area contributed by atoms with Crippen LogP contribution in [0, 0.1) is 11.3 Å². The molecule has 58 valence electrons. The van der Waals surface area contributed by atoms with Crippen LogP contribution in [0.1, 0.15) is 11.8 Å². The Morgan fingerprint density at radius 2 is 2.64 bits per heavy atom. The number of nitriles is 1. The molecule has 11 heavy (non-hydrogen) atoms. The molecule has 0 N–H and O–H groups in total. The maximum atomic E-state index is 8.39. The van der Waals surface area contributed by atoms with Crippen LogP contribution in [-0.4, -0.2) is 6.10 Å². The van der Waals surface area contributed by atoms with Crippen molar-refractivity contribution in [3.05, 3.63) is 22.4 Å². The minimum atomic E-state index is -0.308. The molecule has 0 aromatic carbocycles. The predicted octanol–water partition coefficient (Wildman–Crippen LogP) is 2.18. The molecule has 0 spiro atoms. The standard InChI is InChI=1S/C8H9NOS/c1-7(5-9)10-6-8-3-2-4-11-8/h2-4,7H,6H2,1H3. The molecular formula is C8H9NOS. The average molecular weight is 167 g/mol. The van der Waals surface area contributed by atoms with E-state index >= 15 is 0 Å². The Hall–Kier alpha value is -0.850. The van der Waals surface area contributed by atoms with E-state index in [-0.39, 0.29) is 6.10 Å². The van der Waals surface area contributed by atoms with Crippen molar-refractivity contribution in [2.45, 2.75) is 19.6 Å². The molecule has 0 bridgehead atoms. The number of hydrogen-bond acceptors (Lipinski definition) is 3. The summed E-state index contributed by atoms with van der Waals surface area (Å²) in [5, 5.41) is 10.4. The van der Waals surface area contributed by atoms with Crippen molar-refractivity contribution in [1.29, 1.82) is 5.26 Å². The maximum Gasteiger partial charge on any atom is 0.141 e. The third-order valence-corrected chi connectivity index (χ3v) is 2.09. The maximum absolute atomic E-state index is 8.39. The van der Waals surface area contributed by atoms with Crippen LogP contribution in [0.3, 0.4) is 0 Å². The lowest BCUT2D eigenvalue weighted by atomic mass is 10.4. The lowest BCUT2D eigenvalue weighted by Gasteiger charge is -2.01. The van der Waals surface area contributed by atoms with Crippen LogP contribution >= 0.6 is 11.3 Å². The largest absolute Gasteiger partial charge is 0.358 e. The Bertz CT molecular complexity index is 237. The number of rotatable bonds is 3. The predicted molar refractivity (Wildman–Crippen MR) is 44.2 cm³/mol. The van der Waals surface area contributed by atoms with Gasteiger partial charge in [-0.2, -0.15) is 5.26 Å². The summed E-state index contributed by atoms with van der Waals surface area (Å²) in [6.07, 6.45) is -0.308. The molecule has 2 nitrogen and oxygen atoms in total. The van der Waals surface area contributed by atoms with E-state index in [1.165, 1.54) is 0 Å². The third kappa shape index (κ3) is 2.71. The van der Waals surface area contributed by atoms with Gasteiger partial charge in [0.05, 0.1) is 12.7 Å². The number of nitrogens with zero attached hydrogens (tertiary/aromatic N) is 1. The second kappa shape index (κ2) is 4.12. The van der Waals surface area contributed by atoms with Crippen LogP contribution in [0.15, 0.2) is 17.5 Å². The Balaban J connectivity index is 2.30. The first-order chi connectivity index (χ1) is 5.33. The van der Waals surface area contributed by atoms with Gasteiger partial charge in [0.2, 0.25) is 0 Å². The minimum absolute atomic E-state index is 0.308. The normalized spacial score (nSPS) is 12.4. The highest BCUT2D eigenvalue weighted by Gasteiger charge is 1.99. The van der Waals surface area contributed by atoms with Crippen LogP contribution in [0.4, 0.5) is 0 Å². The topological polar surface area (TPSA) is 33.0 Å². The van der Waals surface area contributed by atoms with E-state index in [1.807, 2.05) is 23.6 Å². The monoisotopic (exact) mass is 167 g/mol. The first-order valence-electron chi connectivity index (χ1n) is 3.36. The molecule has 1 atom stereocenters. The first-order valence-corrected chi connectivity index (χ1v) is 4.24. The van der Waals surface area contributed by atoms with E-state index in [2.05, 4.69) is 0 Å². The van der Waals surface area contributed by atoms with Crippen LogP contribution in [0.2, 0.25) is 0 Å². The first kappa shape index (κ1) is 8.25. The Morgan fingerprint density at radius 1 is 1.82 bits per heavy atom. The molecule has 1 unspecified atom stereocenters. The second-order valence-electron chi connectivity index (χ2n) is 2.16. The van der Waals surface area contributed by atoms with Gasteiger partial charge in [-0.15, -0.1) is 11.3 Å². The second-order valence-corrected chi connectivity index (χ2v) is 3.19. The number of thiophene rings is 1. The van der Waals surface area contributed by atoms with Crippen molar-refractivity contribution in [3.8, 4) is 6.07 Å². The van der Waals surface area contributed by atoms with Gasteiger partial charge >= 0.3 is 0 Å². The van der Waals surface area contributed by atoms with Crippen molar-refractivity contribution < 1.29 is 4.74 Å². The molecule has 0 fully saturated rings. The average Bonchev–Trinajstić information content (AvgIpc) is 2.52. The fraction of sp³-hybridized carbons (Fsp3) is 0.375. The van der Waals surface area contributed by atoms with Gasteiger partial charge in [-0.25, -0.2) is 0 Å². The lowest BCUT2D eigenvalue weighted by Crippen LogP contribution is -2.03. The van der Waals surface area contributed by atoms with Gasteiger partial charge < -0.3 is 4.74 Å². The molecule has 1 aromatic rings. The van der Waals surface area contributed by atoms with Gasteiger partial charge in [-0.05, 0) is 18.4 Å². The van der Waals surface area contributed by atoms with E-state index in [1.54, 1.807) is 18.3 Å². The van der Waals surface area contributed by atoms with Gasteiger partial charge in [0.25, 0.3) is 0 Å². The quantitative estimate of drug-likeness (QED) is 0.691. The molecule has 1 rings (SSSR count). The van der Waals surface area contributed by atoms with Crippen molar-refractivity contribution in [2.24, 2.45) is 0 Å². The summed E-state index contributed by atoms with van der Waals surface area (Å²) in [6.45, 7) is 2.29. The molecule has 0 saturated carbocycles. The van der Waals surface area contributed by atoms with E-state index < -0.39 is 0 Å². The Kier molecular flexibility index (Phi) is 3.09. The summed E-state index contributed by atoms with van der Waals surface area (Å²) in [7, 11) is 0. The van der Waals surface area contributed by atoms with Gasteiger partial charge in [0, 0.05) is 4.88 Å². The zero-order valence-electron chi connectivity index (χ0n) is 6.28. The molecule has 0 aliphatic carbocycles. The molecule has 0 aliphatic heterocycles. The molecule has 0 radical (unpaired) electrons. The number of ether oxygens (including phenoxy) is 1. The summed E-state index contributed by atoms with van der Waals surface area (Å²) in [6, 6.07) is 5.98. The molecule has 0 aliphatic rings. The zero-order chi connectivity index (χ0) is 8.10. The summed E-state index contributed by atoms with van der Waals surface area (Å²) in [4.78, 5) is 1.16. The molecule has 3 heteroatoms. The van der Waals surface area contributed by atoms with E-state index in [0.717, 1.165) is 4.88 Å². The highest BCUT2D eigenvalue weighted by molar-refractivity contribution is 7.09. The summed E-state index contributed by atoms with van der Waals surface area (Å²) >= 11 is 1.64. The Morgan fingerprint density at radius 3 is 3.18 bits per heavy atom. The van der Waals surface area contributed by atoms with Crippen LogP contribution in [0.25, 0.3) is 0 Å². The SMILES string of the molecule is CC(C#N)OCc1cccs1. The minimum Gasteiger partial charge on any atom is -0.358 e. The molecular weight excluding hydrogens is 158 g/mol. The van der Waals surface area contributed by atoms with Crippen molar-refractivity contribution in [3.63, 3.8) is 0 Å². The van der Waals surface area contributed by atoms with Gasteiger partial charge in [0.1, 0.15) is 6.10 Å². The van der Waals surface area contributed by atoms with E-state index in [0.29, 0.717) is 6.61 Å². The molecule has 1 aromatic heterocycles. The van der Waals surface area contributed by atoms with Crippen LogP contribution in [0.5, 0.6) is 0 Å². The smallest absolute Gasteiger partial charge is 0.141 e. The van der Waals surface area contributed by atoms with Crippen LogP contribution < -0.4 is 0 Å². The van der Waals surface area contributed by atoms with Gasteiger partial charge in [-0.3, -0.25) is 0 Å². The summed E-state index contributed by atoms with van der Waals surface area (Å²) in [5.74, 6) is 0.